The Bertz CT molecular complexity index is 340. The highest BCUT2D eigenvalue weighted by atomic mass is 79.9. The largest absolute Gasteiger partial charge is 0.468 e. The zero-order valence-corrected chi connectivity index (χ0v) is 12.7. The molecule has 2 unspecified atom stereocenters. The van der Waals surface area contributed by atoms with Crippen LogP contribution in [-0.2, 0) is 9.53 Å². The molecule has 0 spiro atoms. The van der Waals surface area contributed by atoms with Crippen LogP contribution in [0, 0.1) is 5.92 Å². The number of nitrogens with one attached hydrogen (secondary N) is 1. The zero-order valence-electron chi connectivity index (χ0n) is 10.3. The highest BCUT2D eigenvalue weighted by Gasteiger charge is 2.20. The molecule has 1 aromatic rings. The van der Waals surface area contributed by atoms with Gasteiger partial charge in [-0.15, -0.1) is 11.3 Å². The van der Waals surface area contributed by atoms with Crippen LogP contribution in [0.5, 0.6) is 0 Å². The minimum Gasteiger partial charge on any atom is -0.468 e. The first-order chi connectivity index (χ1) is 8.06. The number of methoxy groups -OCH3 is 1. The van der Waals surface area contributed by atoms with E-state index in [2.05, 4.69) is 51.3 Å². The van der Waals surface area contributed by atoms with Crippen molar-refractivity contribution in [1.82, 2.24) is 5.32 Å². The van der Waals surface area contributed by atoms with Gasteiger partial charge in [0.15, 0.2) is 0 Å². The Labute approximate surface area is 115 Å². The summed E-state index contributed by atoms with van der Waals surface area (Å²) >= 11 is 5.04. The molecule has 1 heterocycles. The number of alkyl halides is 1. The van der Waals surface area contributed by atoms with E-state index in [9.17, 15) is 4.79 Å². The lowest BCUT2D eigenvalue weighted by atomic mass is 10.0. The standard InChI is InChI=1S/C12H18BrNO2S/c1-8(2)11(10-5-4-6-17-10)14-7-9(13)12(15)16-3/h4-6,8-9,11,14H,7H2,1-3H3. The summed E-state index contributed by atoms with van der Waals surface area (Å²) in [6.45, 7) is 4.89. The molecule has 0 aliphatic carbocycles. The third-order valence-corrected chi connectivity index (χ3v) is 4.14. The van der Waals surface area contributed by atoms with Crippen molar-refractivity contribution in [2.75, 3.05) is 13.7 Å². The van der Waals surface area contributed by atoms with E-state index in [4.69, 9.17) is 0 Å². The van der Waals surface area contributed by atoms with Gasteiger partial charge in [-0.1, -0.05) is 35.8 Å². The number of ether oxygens (including phenoxy) is 1. The van der Waals surface area contributed by atoms with Gasteiger partial charge in [0.1, 0.15) is 4.83 Å². The van der Waals surface area contributed by atoms with Gasteiger partial charge >= 0.3 is 5.97 Å². The minimum atomic E-state index is -0.297. The van der Waals surface area contributed by atoms with Crippen molar-refractivity contribution in [3.8, 4) is 0 Å². The summed E-state index contributed by atoms with van der Waals surface area (Å²) in [5, 5.41) is 5.47. The first-order valence-electron chi connectivity index (χ1n) is 5.55. The average Bonchev–Trinajstić information content (AvgIpc) is 2.81. The summed E-state index contributed by atoms with van der Waals surface area (Å²) in [5.74, 6) is 0.234. The maximum atomic E-state index is 11.3. The van der Waals surface area contributed by atoms with E-state index >= 15 is 0 Å². The Hall–Kier alpha value is -0.390. The van der Waals surface area contributed by atoms with E-state index < -0.39 is 0 Å². The summed E-state index contributed by atoms with van der Waals surface area (Å²) in [6.07, 6.45) is 0. The van der Waals surface area contributed by atoms with E-state index in [1.165, 1.54) is 12.0 Å². The van der Waals surface area contributed by atoms with Gasteiger partial charge < -0.3 is 10.1 Å². The lowest BCUT2D eigenvalue weighted by molar-refractivity contribution is -0.139. The molecule has 0 aliphatic heterocycles. The van der Waals surface area contributed by atoms with Crippen LogP contribution in [0.15, 0.2) is 17.5 Å². The molecule has 0 saturated heterocycles. The molecule has 0 radical (unpaired) electrons. The predicted molar refractivity (Wildman–Crippen MR) is 74.6 cm³/mol. The van der Waals surface area contributed by atoms with Crippen LogP contribution in [0.4, 0.5) is 0 Å². The highest BCUT2D eigenvalue weighted by Crippen LogP contribution is 2.25. The van der Waals surface area contributed by atoms with Gasteiger partial charge in [-0.25, -0.2) is 0 Å². The van der Waals surface area contributed by atoms with Gasteiger partial charge in [0, 0.05) is 17.5 Å². The number of carbonyl (C=O) groups excluding carboxylic acids is 1. The summed E-state index contributed by atoms with van der Waals surface area (Å²) in [6, 6.07) is 4.44. The van der Waals surface area contributed by atoms with Crippen molar-refractivity contribution in [3.05, 3.63) is 22.4 Å². The Kier molecular flexibility index (Phi) is 6.16. The highest BCUT2D eigenvalue weighted by molar-refractivity contribution is 9.10. The molecule has 0 aromatic carbocycles. The number of halogens is 1. The average molecular weight is 320 g/mol. The summed E-state index contributed by atoms with van der Waals surface area (Å²) in [7, 11) is 1.40. The smallest absolute Gasteiger partial charge is 0.320 e. The molecule has 0 fully saturated rings. The van der Waals surface area contributed by atoms with Crippen LogP contribution in [0.2, 0.25) is 0 Å². The van der Waals surface area contributed by atoms with Crippen molar-refractivity contribution < 1.29 is 9.53 Å². The Morgan fingerprint density at radius 1 is 1.59 bits per heavy atom. The van der Waals surface area contributed by atoms with Crippen LogP contribution in [0.1, 0.15) is 24.8 Å². The van der Waals surface area contributed by atoms with Crippen molar-refractivity contribution in [3.63, 3.8) is 0 Å². The molecule has 17 heavy (non-hydrogen) atoms. The third-order valence-electron chi connectivity index (χ3n) is 2.49. The molecule has 0 amide bonds. The quantitative estimate of drug-likeness (QED) is 0.647. The van der Waals surface area contributed by atoms with Crippen LogP contribution in [-0.4, -0.2) is 24.5 Å². The molecule has 1 rings (SSSR count). The predicted octanol–water partition coefficient (Wildman–Crippen LogP) is 2.97. The van der Waals surface area contributed by atoms with Crippen LogP contribution in [0.3, 0.4) is 0 Å². The van der Waals surface area contributed by atoms with Gasteiger partial charge in [0.05, 0.1) is 7.11 Å². The Morgan fingerprint density at radius 3 is 2.76 bits per heavy atom. The summed E-state index contributed by atoms with van der Waals surface area (Å²) in [4.78, 5) is 12.3. The van der Waals surface area contributed by atoms with E-state index in [0.717, 1.165) is 0 Å². The van der Waals surface area contributed by atoms with Gasteiger partial charge in [-0.05, 0) is 17.4 Å². The van der Waals surface area contributed by atoms with Crippen molar-refractivity contribution in [1.29, 1.82) is 0 Å². The van der Waals surface area contributed by atoms with Gasteiger partial charge in [-0.3, -0.25) is 4.79 Å². The van der Waals surface area contributed by atoms with E-state index in [-0.39, 0.29) is 16.8 Å². The molecular formula is C12H18BrNO2S. The van der Waals surface area contributed by atoms with E-state index in [0.29, 0.717) is 12.5 Å². The molecule has 96 valence electrons. The maximum Gasteiger partial charge on any atom is 0.320 e. The normalized spacial score (nSPS) is 14.6. The first kappa shape index (κ1) is 14.7. The number of rotatable bonds is 6. The van der Waals surface area contributed by atoms with Crippen LogP contribution in [0.25, 0.3) is 0 Å². The molecule has 3 nitrogen and oxygen atoms in total. The topological polar surface area (TPSA) is 38.3 Å². The van der Waals surface area contributed by atoms with Gasteiger partial charge in [0.2, 0.25) is 0 Å². The number of esters is 1. The van der Waals surface area contributed by atoms with Crippen LogP contribution < -0.4 is 5.32 Å². The summed E-state index contributed by atoms with van der Waals surface area (Å²) in [5.41, 5.74) is 0. The lowest BCUT2D eigenvalue weighted by Crippen LogP contribution is -2.34. The molecule has 0 bridgehead atoms. The summed E-state index contributed by atoms with van der Waals surface area (Å²) < 4.78 is 4.67. The number of hydrogen-bond acceptors (Lipinski definition) is 4. The van der Waals surface area contributed by atoms with Gasteiger partial charge in [0.25, 0.3) is 0 Å². The molecule has 0 saturated carbocycles. The number of hydrogen-bond donors (Lipinski definition) is 1. The molecule has 1 N–H and O–H groups in total. The third kappa shape index (κ3) is 4.41. The molecular weight excluding hydrogens is 302 g/mol. The number of thiophene rings is 1. The molecule has 2 atom stereocenters. The second kappa shape index (κ2) is 7.13. The molecule has 5 heteroatoms. The monoisotopic (exact) mass is 319 g/mol. The second-order valence-corrected chi connectivity index (χ2v) is 6.22. The minimum absolute atomic E-state index is 0.244. The maximum absolute atomic E-state index is 11.3. The zero-order chi connectivity index (χ0) is 12.8. The molecule has 1 aromatic heterocycles. The Morgan fingerprint density at radius 2 is 2.29 bits per heavy atom. The van der Waals surface area contributed by atoms with Crippen molar-refractivity contribution >= 4 is 33.2 Å². The molecule has 0 aliphatic rings. The Balaban J connectivity index is 2.55. The SMILES string of the molecule is COC(=O)C(Br)CNC(c1cccs1)C(C)C. The second-order valence-electron chi connectivity index (χ2n) is 4.14. The fraction of sp³-hybridized carbons (Fsp3) is 0.583. The fourth-order valence-electron chi connectivity index (χ4n) is 1.57. The first-order valence-corrected chi connectivity index (χ1v) is 7.34. The van der Waals surface area contributed by atoms with Crippen molar-refractivity contribution in [2.45, 2.75) is 24.7 Å². The number of carbonyl (C=O) groups is 1. The van der Waals surface area contributed by atoms with Gasteiger partial charge in [-0.2, -0.15) is 0 Å². The van der Waals surface area contributed by atoms with E-state index in [1.54, 1.807) is 11.3 Å². The van der Waals surface area contributed by atoms with Crippen LogP contribution >= 0.6 is 27.3 Å². The van der Waals surface area contributed by atoms with E-state index in [1.807, 2.05) is 6.07 Å². The van der Waals surface area contributed by atoms with Crippen molar-refractivity contribution in [2.24, 2.45) is 5.92 Å². The fourth-order valence-corrected chi connectivity index (χ4v) is 2.92. The lowest BCUT2D eigenvalue weighted by Gasteiger charge is -2.22.